The molecule has 0 atom stereocenters. The summed E-state index contributed by atoms with van der Waals surface area (Å²) >= 11 is 0. The number of benzene rings is 1. The van der Waals surface area contributed by atoms with Gasteiger partial charge in [-0.25, -0.2) is 13.4 Å². The standard InChI is InChI=1S/C20H26N4O2S/c1-2-10-22-19-18(12-23-20(21)24-19)16-9-8-15(27(25,26)14-6-7-14)11-17(16)13-4-3-5-13/h8-9,11-14H,2-7,10H2,1H3,(H3,21,22,23,24). The van der Waals surface area contributed by atoms with E-state index >= 15 is 0 Å². The van der Waals surface area contributed by atoms with Gasteiger partial charge in [0.05, 0.1) is 10.1 Å². The summed E-state index contributed by atoms with van der Waals surface area (Å²) in [5.41, 5.74) is 8.78. The highest BCUT2D eigenvalue weighted by Crippen LogP contribution is 2.44. The van der Waals surface area contributed by atoms with E-state index in [1.54, 1.807) is 12.3 Å². The molecule has 0 bridgehead atoms. The van der Waals surface area contributed by atoms with Crippen LogP contribution in [0.2, 0.25) is 0 Å². The van der Waals surface area contributed by atoms with E-state index in [0.29, 0.717) is 16.6 Å². The third-order valence-electron chi connectivity index (χ3n) is 5.50. The number of nitrogen functional groups attached to an aromatic ring is 1. The highest BCUT2D eigenvalue weighted by atomic mass is 32.2. The summed E-state index contributed by atoms with van der Waals surface area (Å²) in [6, 6.07) is 5.56. The molecule has 0 unspecified atom stereocenters. The number of rotatable bonds is 7. The fourth-order valence-electron chi connectivity index (χ4n) is 3.56. The van der Waals surface area contributed by atoms with Crippen molar-refractivity contribution >= 4 is 21.6 Å². The molecule has 1 aromatic carbocycles. The van der Waals surface area contributed by atoms with Crippen LogP contribution in [0.3, 0.4) is 0 Å². The Bertz CT molecular complexity index is 950. The molecule has 3 N–H and O–H groups in total. The van der Waals surface area contributed by atoms with Crippen LogP contribution in [0.25, 0.3) is 11.1 Å². The molecule has 0 aliphatic heterocycles. The number of hydrogen-bond donors (Lipinski definition) is 2. The van der Waals surface area contributed by atoms with E-state index in [1.165, 1.54) is 6.42 Å². The van der Waals surface area contributed by atoms with Crippen molar-refractivity contribution in [2.45, 2.75) is 61.5 Å². The second kappa shape index (κ2) is 7.11. The first-order valence-electron chi connectivity index (χ1n) is 9.75. The number of nitrogens with two attached hydrogens (primary N) is 1. The van der Waals surface area contributed by atoms with E-state index in [1.807, 2.05) is 12.1 Å². The first-order valence-corrected chi connectivity index (χ1v) is 11.3. The van der Waals surface area contributed by atoms with E-state index in [9.17, 15) is 8.42 Å². The minimum Gasteiger partial charge on any atom is -0.369 e. The maximum atomic E-state index is 12.7. The van der Waals surface area contributed by atoms with Crippen molar-refractivity contribution in [2.75, 3.05) is 17.6 Å². The van der Waals surface area contributed by atoms with Gasteiger partial charge in [-0.05, 0) is 61.3 Å². The second-order valence-electron chi connectivity index (χ2n) is 7.54. The summed E-state index contributed by atoms with van der Waals surface area (Å²) in [4.78, 5) is 9.02. The third kappa shape index (κ3) is 3.52. The van der Waals surface area contributed by atoms with Gasteiger partial charge >= 0.3 is 0 Å². The maximum Gasteiger partial charge on any atom is 0.221 e. The second-order valence-corrected chi connectivity index (χ2v) is 9.77. The Balaban J connectivity index is 1.81. The first-order chi connectivity index (χ1) is 13.0. The summed E-state index contributed by atoms with van der Waals surface area (Å²) in [6.45, 7) is 2.88. The van der Waals surface area contributed by atoms with Crippen LogP contribution in [0.4, 0.5) is 11.8 Å². The van der Waals surface area contributed by atoms with Crippen molar-refractivity contribution < 1.29 is 8.42 Å². The molecule has 1 heterocycles. The van der Waals surface area contributed by atoms with E-state index in [2.05, 4.69) is 22.2 Å². The van der Waals surface area contributed by atoms with Crippen LogP contribution in [0.15, 0.2) is 29.3 Å². The summed E-state index contributed by atoms with van der Waals surface area (Å²) in [5.74, 6) is 1.34. The van der Waals surface area contributed by atoms with E-state index in [4.69, 9.17) is 5.73 Å². The molecule has 0 saturated heterocycles. The van der Waals surface area contributed by atoms with Crippen molar-refractivity contribution in [3.8, 4) is 11.1 Å². The van der Waals surface area contributed by atoms with Crippen LogP contribution in [0.1, 0.15) is 56.9 Å². The number of aromatic nitrogens is 2. The van der Waals surface area contributed by atoms with Crippen molar-refractivity contribution in [3.63, 3.8) is 0 Å². The minimum atomic E-state index is -3.20. The van der Waals surface area contributed by atoms with Gasteiger partial charge in [0.15, 0.2) is 9.84 Å². The smallest absolute Gasteiger partial charge is 0.221 e. The average molecular weight is 387 g/mol. The lowest BCUT2D eigenvalue weighted by Gasteiger charge is -2.29. The quantitative estimate of drug-likeness (QED) is 0.752. The molecule has 2 aliphatic rings. The Morgan fingerprint density at radius 2 is 1.96 bits per heavy atom. The molecule has 4 rings (SSSR count). The summed E-state index contributed by atoms with van der Waals surface area (Å²) < 4.78 is 25.4. The molecule has 7 heteroatoms. The number of anilines is 2. The van der Waals surface area contributed by atoms with Crippen LogP contribution < -0.4 is 11.1 Å². The Morgan fingerprint density at radius 3 is 2.59 bits per heavy atom. The molecular formula is C20H26N4O2S. The van der Waals surface area contributed by atoms with Gasteiger partial charge < -0.3 is 11.1 Å². The molecule has 144 valence electrons. The van der Waals surface area contributed by atoms with Crippen LogP contribution in [0, 0.1) is 0 Å². The van der Waals surface area contributed by atoms with Crippen LogP contribution >= 0.6 is 0 Å². The average Bonchev–Trinajstić information content (AvgIpc) is 3.44. The van der Waals surface area contributed by atoms with E-state index < -0.39 is 9.84 Å². The van der Waals surface area contributed by atoms with Gasteiger partial charge in [0.1, 0.15) is 5.82 Å². The number of sulfone groups is 1. The predicted molar refractivity (Wildman–Crippen MR) is 107 cm³/mol. The predicted octanol–water partition coefficient (Wildman–Crippen LogP) is 3.75. The molecular weight excluding hydrogens is 360 g/mol. The molecule has 6 nitrogen and oxygen atoms in total. The Labute approximate surface area is 160 Å². The van der Waals surface area contributed by atoms with Gasteiger partial charge in [-0.2, -0.15) is 4.98 Å². The highest BCUT2D eigenvalue weighted by Gasteiger charge is 2.37. The largest absolute Gasteiger partial charge is 0.369 e. The highest BCUT2D eigenvalue weighted by molar-refractivity contribution is 7.92. The number of hydrogen-bond acceptors (Lipinski definition) is 6. The zero-order chi connectivity index (χ0) is 19.0. The molecule has 2 saturated carbocycles. The molecule has 1 aromatic heterocycles. The Morgan fingerprint density at radius 1 is 1.19 bits per heavy atom. The fraction of sp³-hybridized carbons (Fsp3) is 0.500. The van der Waals surface area contributed by atoms with Crippen LogP contribution in [0.5, 0.6) is 0 Å². The van der Waals surface area contributed by atoms with Crippen molar-refractivity contribution in [1.29, 1.82) is 0 Å². The van der Waals surface area contributed by atoms with Gasteiger partial charge in [-0.15, -0.1) is 0 Å². The van der Waals surface area contributed by atoms with Crippen molar-refractivity contribution in [2.24, 2.45) is 0 Å². The lowest BCUT2D eigenvalue weighted by Crippen LogP contribution is -2.14. The lowest BCUT2D eigenvalue weighted by atomic mass is 9.77. The maximum absolute atomic E-state index is 12.7. The van der Waals surface area contributed by atoms with E-state index in [-0.39, 0.29) is 11.2 Å². The zero-order valence-electron chi connectivity index (χ0n) is 15.6. The normalized spacial score (nSPS) is 17.5. The van der Waals surface area contributed by atoms with Gasteiger partial charge in [-0.1, -0.05) is 19.4 Å². The van der Waals surface area contributed by atoms with Gasteiger partial charge in [0.25, 0.3) is 0 Å². The Kier molecular flexibility index (Phi) is 4.80. The molecule has 2 fully saturated rings. The van der Waals surface area contributed by atoms with Crippen molar-refractivity contribution in [3.05, 3.63) is 30.0 Å². The number of nitrogens with one attached hydrogen (secondary N) is 1. The topological polar surface area (TPSA) is 98.0 Å². The third-order valence-corrected chi connectivity index (χ3v) is 7.76. The van der Waals surface area contributed by atoms with Crippen molar-refractivity contribution in [1.82, 2.24) is 9.97 Å². The van der Waals surface area contributed by atoms with Crippen LogP contribution in [-0.2, 0) is 9.84 Å². The summed E-state index contributed by atoms with van der Waals surface area (Å²) in [5, 5.41) is 3.13. The molecule has 2 aliphatic carbocycles. The summed E-state index contributed by atoms with van der Waals surface area (Å²) in [7, 11) is -3.20. The molecule has 0 spiro atoms. The fourth-order valence-corrected chi connectivity index (χ4v) is 5.25. The lowest BCUT2D eigenvalue weighted by molar-refractivity contribution is 0.420. The van der Waals surface area contributed by atoms with E-state index in [0.717, 1.165) is 55.3 Å². The molecule has 2 aromatic rings. The zero-order valence-corrected chi connectivity index (χ0v) is 16.4. The summed E-state index contributed by atoms with van der Waals surface area (Å²) in [6.07, 6.45) is 7.63. The monoisotopic (exact) mass is 386 g/mol. The number of nitrogens with zero attached hydrogens (tertiary/aromatic N) is 2. The van der Waals surface area contributed by atoms with Gasteiger partial charge in [-0.3, -0.25) is 0 Å². The van der Waals surface area contributed by atoms with Gasteiger partial charge in [0.2, 0.25) is 5.95 Å². The molecule has 0 radical (unpaired) electrons. The first kappa shape index (κ1) is 18.2. The minimum absolute atomic E-state index is 0.195. The Hall–Kier alpha value is -2.15. The van der Waals surface area contributed by atoms with Crippen LogP contribution in [-0.4, -0.2) is 30.2 Å². The molecule has 0 amide bonds. The SMILES string of the molecule is CCCNc1nc(N)ncc1-c1ccc(S(=O)(=O)C2CC2)cc1C1CCC1. The van der Waals surface area contributed by atoms with Gasteiger partial charge in [0, 0.05) is 18.3 Å². The molecule has 27 heavy (non-hydrogen) atoms.